The van der Waals surface area contributed by atoms with E-state index in [1.165, 1.54) is 6.07 Å². The third kappa shape index (κ3) is 4.49. The summed E-state index contributed by atoms with van der Waals surface area (Å²) < 4.78 is 14.8. The SMILES string of the molecule is CC1c2c(Cl)cc(Cl)cc2CCN1C(=O)CNc1cc2cc(-c3ccncc3)[nH]c(=O)c2cc1F. The Labute approximate surface area is 210 Å². The van der Waals surface area contributed by atoms with E-state index in [4.69, 9.17) is 23.2 Å². The highest BCUT2D eigenvalue weighted by atomic mass is 35.5. The van der Waals surface area contributed by atoms with Crippen molar-refractivity contribution in [3.05, 3.63) is 92.2 Å². The third-order valence-corrected chi connectivity index (χ3v) is 6.89. The van der Waals surface area contributed by atoms with E-state index in [9.17, 15) is 14.0 Å². The summed E-state index contributed by atoms with van der Waals surface area (Å²) in [5.41, 5.74) is 3.04. The number of halogens is 3. The molecule has 0 bridgehead atoms. The fraction of sp³-hybridized carbons (Fsp3) is 0.192. The number of nitrogens with one attached hydrogen (secondary N) is 2. The van der Waals surface area contributed by atoms with Crippen LogP contribution < -0.4 is 10.9 Å². The molecule has 1 atom stereocenters. The van der Waals surface area contributed by atoms with Gasteiger partial charge in [-0.2, -0.15) is 0 Å². The lowest BCUT2D eigenvalue weighted by Gasteiger charge is -2.36. The minimum absolute atomic E-state index is 0.103. The molecular formula is C26H21Cl2FN4O2. The number of carbonyl (C=O) groups excluding carboxylic acids is 1. The molecule has 0 radical (unpaired) electrons. The van der Waals surface area contributed by atoms with Crippen LogP contribution in [0.4, 0.5) is 10.1 Å². The van der Waals surface area contributed by atoms with E-state index in [0.717, 1.165) is 16.7 Å². The molecule has 0 fully saturated rings. The van der Waals surface area contributed by atoms with E-state index in [1.807, 2.05) is 13.0 Å². The standard InChI is InChI=1S/C26H21Cl2FN4O2/c1-14-25-16(8-18(27)11-20(25)28)4-7-33(14)24(34)13-31-23-10-17-9-22(15-2-5-30-6-3-15)32-26(35)19(17)12-21(23)29/h2-3,5-6,8-12,14,31H,4,7,13H2,1H3,(H,32,35). The Morgan fingerprint density at radius 3 is 2.74 bits per heavy atom. The van der Waals surface area contributed by atoms with Gasteiger partial charge in [0, 0.05) is 40.2 Å². The summed E-state index contributed by atoms with van der Waals surface area (Å²) in [7, 11) is 0. The van der Waals surface area contributed by atoms with Crippen LogP contribution in [0.3, 0.4) is 0 Å². The minimum Gasteiger partial charge on any atom is -0.374 e. The molecule has 6 nitrogen and oxygen atoms in total. The van der Waals surface area contributed by atoms with Crippen LogP contribution in [0.15, 0.2) is 59.7 Å². The summed E-state index contributed by atoms with van der Waals surface area (Å²) in [5, 5.41) is 4.79. The second kappa shape index (κ2) is 9.32. The van der Waals surface area contributed by atoms with Gasteiger partial charge in [0.1, 0.15) is 5.82 Å². The Balaban J connectivity index is 1.38. The van der Waals surface area contributed by atoms with E-state index in [1.54, 1.807) is 47.6 Å². The highest BCUT2D eigenvalue weighted by molar-refractivity contribution is 6.35. The predicted octanol–water partition coefficient (Wildman–Crippen LogP) is 5.59. The lowest BCUT2D eigenvalue weighted by molar-refractivity contribution is -0.131. The van der Waals surface area contributed by atoms with Crippen LogP contribution in [0.5, 0.6) is 0 Å². The molecule has 0 aliphatic carbocycles. The first-order valence-electron chi connectivity index (χ1n) is 11.1. The Morgan fingerprint density at radius 2 is 1.97 bits per heavy atom. The van der Waals surface area contributed by atoms with Crippen molar-refractivity contribution in [3.8, 4) is 11.3 Å². The summed E-state index contributed by atoms with van der Waals surface area (Å²) in [6, 6.07) is 11.4. The number of hydrogen-bond donors (Lipinski definition) is 2. The average molecular weight is 511 g/mol. The molecular weight excluding hydrogens is 490 g/mol. The van der Waals surface area contributed by atoms with Gasteiger partial charge in [0.05, 0.1) is 23.7 Å². The molecule has 2 N–H and O–H groups in total. The molecule has 0 saturated heterocycles. The molecule has 1 amide bonds. The van der Waals surface area contributed by atoms with Gasteiger partial charge in [0.15, 0.2) is 0 Å². The molecule has 9 heteroatoms. The van der Waals surface area contributed by atoms with Gasteiger partial charge in [-0.15, -0.1) is 0 Å². The first-order chi connectivity index (χ1) is 16.8. The lowest BCUT2D eigenvalue weighted by Crippen LogP contribution is -2.42. The van der Waals surface area contributed by atoms with Gasteiger partial charge in [-0.05, 0) is 72.3 Å². The number of benzene rings is 2. The lowest BCUT2D eigenvalue weighted by atomic mass is 9.93. The quantitative estimate of drug-likeness (QED) is 0.374. The summed E-state index contributed by atoms with van der Waals surface area (Å²) in [5.74, 6) is -0.792. The van der Waals surface area contributed by atoms with E-state index >= 15 is 0 Å². The molecule has 178 valence electrons. The molecule has 35 heavy (non-hydrogen) atoms. The predicted molar refractivity (Wildman–Crippen MR) is 137 cm³/mol. The van der Waals surface area contributed by atoms with Gasteiger partial charge in [-0.1, -0.05) is 23.2 Å². The van der Waals surface area contributed by atoms with Crippen molar-refractivity contribution in [2.45, 2.75) is 19.4 Å². The first-order valence-corrected chi connectivity index (χ1v) is 11.9. The average Bonchev–Trinajstić information content (AvgIpc) is 2.83. The Kier molecular flexibility index (Phi) is 6.21. The van der Waals surface area contributed by atoms with Crippen LogP contribution in [-0.4, -0.2) is 33.9 Å². The smallest absolute Gasteiger partial charge is 0.256 e. The van der Waals surface area contributed by atoms with Gasteiger partial charge >= 0.3 is 0 Å². The van der Waals surface area contributed by atoms with Crippen molar-refractivity contribution in [2.24, 2.45) is 0 Å². The highest BCUT2D eigenvalue weighted by Gasteiger charge is 2.29. The molecule has 5 rings (SSSR count). The first kappa shape index (κ1) is 23.3. The molecule has 1 aliphatic rings. The molecule has 0 spiro atoms. The Bertz CT molecular complexity index is 1510. The summed E-state index contributed by atoms with van der Waals surface area (Å²) >= 11 is 12.5. The summed E-state index contributed by atoms with van der Waals surface area (Å²) in [6.45, 7) is 2.32. The second-order valence-electron chi connectivity index (χ2n) is 8.49. The number of pyridine rings is 2. The normalized spacial score (nSPS) is 15.2. The fourth-order valence-electron chi connectivity index (χ4n) is 4.63. The van der Waals surface area contributed by atoms with E-state index in [-0.39, 0.29) is 29.6 Å². The minimum atomic E-state index is -0.609. The van der Waals surface area contributed by atoms with Crippen LogP contribution in [-0.2, 0) is 11.2 Å². The van der Waals surface area contributed by atoms with Gasteiger partial charge in [0.2, 0.25) is 5.91 Å². The zero-order chi connectivity index (χ0) is 24.7. The number of rotatable bonds is 4. The number of hydrogen-bond acceptors (Lipinski definition) is 4. The monoisotopic (exact) mass is 510 g/mol. The molecule has 0 saturated carbocycles. The molecule has 4 aromatic rings. The van der Waals surface area contributed by atoms with Gasteiger partial charge in [-0.25, -0.2) is 4.39 Å². The van der Waals surface area contributed by atoms with E-state index < -0.39 is 11.4 Å². The molecule has 3 heterocycles. The fourth-order valence-corrected chi connectivity index (χ4v) is 5.32. The highest BCUT2D eigenvalue weighted by Crippen LogP contribution is 2.37. The largest absolute Gasteiger partial charge is 0.374 e. The van der Waals surface area contributed by atoms with Gasteiger partial charge in [-0.3, -0.25) is 14.6 Å². The third-order valence-electron chi connectivity index (χ3n) is 6.36. The van der Waals surface area contributed by atoms with E-state index in [0.29, 0.717) is 34.1 Å². The van der Waals surface area contributed by atoms with Crippen molar-refractivity contribution in [2.75, 3.05) is 18.4 Å². The second-order valence-corrected chi connectivity index (χ2v) is 9.34. The van der Waals surface area contributed by atoms with Crippen LogP contribution in [0.1, 0.15) is 24.1 Å². The number of H-pyrrole nitrogens is 1. The van der Waals surface area contributed by atoms with Crippen LogP contribution in [0, 0.1) is 5.82 Å². The Hall–Kier alpha value is -3.42. The molecule has 1 unspecified atom stereocenters. The Morgan fingerprint density at radius 1 is 1.20 bits per heavy atom. The number of amides is 1. The maximum Gasteiger partial charge on any atom is 0.256 e. The zero-order valence-corrected chi connectivity index (χ0v) is 20.3. The number of aromatic nitrogens is 2. The number of nitrogens with zero attached hydrogens (tertiary/aromatic N) is 2. The van der Waals surface area contributed by atoms with Crippen molar-refractivity contribution in [1.29, 1.82) is 0 Å². The maximum atomic E-state index is 14.8. The number of fused-ring (bicyclic) bond motifs is 2. The number of anilines is 1. The van der Waals surface area contributed by atoms with Crippen molar-refractivity contribution in [1.82, 2.24) is 14.9 Å². The topological polar surface area (TPSA) is 78.1 Å². The van der Waals surface area contributed by atoms with Gasteiger partial charge in [0.25, 0.3) is 5.56 Å². The molecule has 2 aromatic heterocycles. The maximum absolute atomic E-state index is 14.8. The summed E-state index contributed by atoms with van der Waals surface area (Å²) in [4.78, 5) is 34.1. The van der Waals surface area contributed by atoms with Crippen molar-refractivity contribution in [3.63, 3.8) is 0 Å². The van der Waals surface area contributed by atoms with E-state index in [2.05, 4.69) is 15.3 Å². The number of aromatic amines is 1. The van der Waals surface area contributed by atoms with Crippen LogP contribution in [0.25, 0.3) is 22.0 Å². The molecule has 2 aromatic carbocycles. The zero-order valence-electron chi connectivity index (χ0n) is 18.7. The summed E-state index contributed by atoms with van der Waals surface area (Å²) in [6.07, 6.45) is 3.89. The van der Waals surface area contributed by atoms with Crippen molar-refractivity contribution >= 4 is 45.6 Å². The van der Waals surface area contributed by atoms with Crippen LogP contribution >= 0.6 is 23.2 Å². The van der Waals surface area contributed by atoms with Crippen LogP contribution in [0.2, 0.25) is 10.0 Å². The van der Waals surface area contributed by atoms with Crippen molar-refractivity contribution < 1.29 is 9.18 Å². The molecule has 1 aliphatic heterocycles. The number of carbonyl (C=O) groups is 1. The van der Waals surface area contributed by atoms with Gasteiger partial charge < -0.3 is 15.2 Å².